The number of hydrogen-bond donors (Lipinski definition) is 1. The molecular formula is C15H15Cl2NO2. The highest BCUT2D eigenvalue weighted by Crippen LogP contribution is 2.41. The van der Waals surface area contributed by atoms with Crippen LogP contribution >= 0.6 is 23.2 Å². The normalized spacial score (nSPS) is 25.0. The van der Waals surface area contributed by atoms with E-state index < -0.39 is 11.5 Å². The van der Waals surface area contributed by atoms with E-state index in [-0.39, 0.29) is 11.7 Å². The summed E-state index contributed by atoms with van der Waals surface area (Å²) in [7, 11) is 0. The Morgan fingerprint density at radius 1 is 1.10 bits per heavy atom. The molecule has 1 atom stereocenters. The van der Waals surface area contributed by atoms with Crippen LogP contribution in [-0.4, -0.2) is 17.2 Å². The lowest BCUT2D eigenvalue weighted by Gasteiger charge is -2.31. The zero-order valence-electron chi connectivity index (χ0n) is 10.9. The molecule has 1 aromatic carbocycles. The third-order valence-corrected chi connectivity index (χ3v) is 4.90. The molecule has 1 saturated heterocycles. The van der Waals surface area contributed by atoms with E-state index in [1.807, 2.05) is 0 Å². The van der Waals surface area contributed by atoms with Gasteiger partial charge in [-0.1, -0.05) is 48.5 Å². The molecule has 3 rings (SSSR count). The van der Waals surface area contributed by atoms with Crippen LogP contribution in [0.15, 0.2) is 18.2 Å². The van der Waals surface area contributed by atoms with Crippen molar-refractivity contribution in [2.45, 2.75) is 43.6 Å². The van der Waals surface area contributed by atoms with Crippen molar-refractivity contribution in [1.29, 1.82) is 0 Å². The average molecular weight is 312 g/mol. The van der Waals surface area contributed by atoms with Gasteiger partial charge in [-0.05, 0) is 30.5 Å². The number of halogens is 2. The van der Waals surface area contributed by atoms with Crippen LogP contribution in [0.1, 0.15) is 43.6 Å². The molecular weight excluding hydrogens is 297 g/mol. The molecule has 1 spiro atoms. The van der Waals surface area contributed by atoms with Gasteiger partial charge in [-0.25, -0.2) is 0 Å². The monoisotopic (exact) mass is 311 g/mol. The number of Topliss-reactive ketones (excluding diaryl/α,β-unsaturated/α-hetero) is 1. The second kappa shape index (κ2) is 5.05. The topological polar surface area (TPSA) is 46.2 Å². The van der Waals surface area contributed by atoms with Crippen LogP contribution in [0.25, 0.3) is 0 Å². The molecule has 1 aliphatic carbocycles. The Bertz CT molecular complexity index is 579. The number of rotatable bonds is 1. The maximum Gasteiger partial charge on any atom is 0.236 e. The first kappa shape index (κ1) is 13.9. The SMILES string of the molecule is O=C1NC2(CCCCC2)C(=O)C1c1ccc(Cl)cc1Cl. The van der Waals surface area contributed by atoms with Gasteiger partial charge in [-0.15, -0.1) is 0 Å². The fourth-order valence-corrected chi connectivity index (χ4v) is 3.83. The predicted octanol–water partition coefficient (Wildman–Crippen LogP) is 3.48. The Hall–Kier alpha value is -1.06. The second-order valence-corrected chi connectivity index (χ2v) is 6.44. The number of amides is 1. The summed E-state index contributed by atoms with van der Waals surface area (Å²) >= 11 is 12.0. The third-order valence-electron chi connectivity index (χ3n) is 4.34. The summed E-state index contributed by atoms with van der Waals surface area (Å²) < 4.78 is 0. The molecule has 1 N–H and O–H groups in total. The lowest BCUT2D eigenvalue weighted by Crippen LogP contribution is -2.47. The Balaban J connectivity index is 1.98. The number of carbonyl (C=O) groups is 2. The molecule has 1 unspecified atom stereocenters. The van der Waals surface area contributed by atoms with Crippen LogP contribution in [0.3, 0.4) is 0 Å². The van der Waals surface area contributed by atoms with Gasteiger partial charge in [0.25, 0.3) is 0 Å². The van der Waals surface area contributed by atoms with Crippen molar-refractivity contribution in [2.75, 3.05) is 0 Å². The lowest BCUT2D eigenvalue weighted by atomic mass is 9.77. The molecule has 106 valence electrons. The number of benzene rings is 1. The van der Waals surface area contributed by atoms with Gasteiger partial charge in [0.15, 0.2) is 5.78 Å². The Morgan fingerprint density at radius 3 is 2.45 bits per heavy atom. The molecule has 1 heterocycles. The van der Waals surface area contributed by atoms with Crippen LogP contribution in [0, 0.1) is 0 Å². The molecule has 0 aromatic heterocycles. The fraction of sp³-hybridized carbons (Fsp3) is 0.467. The largest absolute Gasteiger partial charge is 0.343 e. The summed E-state index contributed by atoms with van der Waals surface area (Å²) in [6.45, 7) is 0. The minimum Gasteiger partial charge on any atom is -0.343 e. The third kappa shape index (κ3) is 2.13. The van der Waals surface area contributed by atoms with Crippen LogP contribution < -0.4 is 5.32 Å². The molecule has 1 saturated carbocycles. The van der Waals surface area contributed by atoms with Gasteiger partial charge in [0.2, 0.25) is 5.91 Å². The van der Waals surface area contributed by atoms with Gasteiger partial charge in [0.05, 0.1) is 5.54 Å². The minimum atomic E-state index is -0.794. The van der Waals surface area contributed by atoms with E-state index in [0.29, 0.717) is 15.6 Å². The first-order valence-corrected chi connectivity index (χ1v) is 7.60. The maximum atomic E-state index is 12.8. The summed E-state index contributed by atoms with van der Waals surface area (Å²) in [5.74, 6) is -1.06. The number of carbonyl (C=O) groups excluding carboxylic acids is 2. The summed E-state index contributed by atoms with van der Waals surface area (Å²) in [4.78, 5) is 25.0. The molecule has 2 fully saturated rings. The number of nitrogens with one attached hydrogen (secondary N) is 1. The van der Waals surface area contributed by atoms with Crippen molar-refractivity contribution >= 4 is 34.9 Å². The highest BCUT2D eigenvalue weighted by atomic mass is 35.5. The highest BCUT2D eigenvalue weighted by Gasteiger charge is 2.53. The van der Waals surface area contributed by atoms with Crippen molar-refractivity contribution in [3.05, 3.63) is 33.8 Å². The molecule has 20 heavy (non-hydrogen) atoms. The van der Waals surface area contributed by atoms with Gasteiger partial charge in [-0.2, -0.15) is 0 Å². The minimum absolute atomic E-state index is 0.0357. The van der Waals surface area contributed by atoms with Crippen molar-refractivity contribution in [2.24, 2.45) is 0 Å². The van der Waals surface area contributed by atoms with E-state index in [4.69, 9.17) is 23.2 Å². The fourth-order valence-electron chi connectivity index (χ4n) is 3.31. The van der Waals surface area contributed by atoms with Gasteiger partial charge in [0.1, 0.15) is 5.92 Å². The van der Waals surface area contributed by atoms with E-state index in [1.165, 1.54) is 0 Å². The zero-order valence-corrected chi connectivity index (χ0v) is 12.4. The zero-order chi connectivity index (χ0) is 14.3. The lowest BCUT2D eigenvalue weighted by molar-refractivity contribution is -0.125. The molecule has 1 amide bonds. The average Bonchev–Trinajstić information content (AvgIpc) is 2.63. The van der Waals surface area contributed by atoms with Gasteiger partial charge in [-0.3, -0.25) is 9.59 Å². The molecule has 0 radical (unpaired) electrons. The first-order valence-electron chi connectivity index (χ1n) is 6.85. The van der Waals surface area contributed by atoms with Gasteiger partial charge < -0.3 is 5.32 Å². The molecule has 1 aliphatic heterocycles. The van der Waals surface area contributed by atoms with Crippen molar-refractivity contribution in [3.8, 4) is 0 Å². The number of hydrogen-bond acceptors (Lipinski definition) is 2. The standard InChI is InChI=1S/C15H15Cl2NO2/c16-9-4-5-10(11(17)8-9)12-13(19)15(18-14(12)20)6-2-1-3-7-15/h4-5,8,12H,1-3,6-7H2,(H,18,20). The smallest absolute Gasteiger partial charge is 0.236 e. The maximum absolute atomic E-state index is 12.8. The first-order chi connectivity index (χ1) is 9.53. The summed E-state index contributed by atoms with van der Waals surface area (Å²) in [6, 6.07) is 4.91. The Kier molecular flexibility index (Phi) is 3.51. The van der Waals surface area contributed by atoms with E-state index in [2.05, 4.69) is 5.32 Å². The van der Waals surface area contributed by atoms with Gasteiger partial charge in [0, 0.05) is 10.0 Å². The molecule has 3 nitrogen and oxygen atoms in total. The van der Waals surface area contributed by atoms with E-state index in [1.54, 1.807) is 18.2 Å². The van der Waals surface area contributed by atoms with E-state index in [0.717, 1.165) is 32.1 Å². The molecule has 5 heteroatoms. The van der Waals surface area contributed by atoms with E-state index in [9.17, 15) is 9.59 Å². The predicted molar refractivity (Wildman–Crippen MR) is 78.2 cm³/mol. The highest BCUT2D eigenvalue weighted by molar-refractivity contribution is 6.36. The number of ketones is 1. The van der Waals surface area contributed by atoms with Crippen molar-refractivity contribution in [3.63, 3.8) is 0 Å². The quantitative estimate of drug-likeness (QED) is 0.807. The van der Waals surface area contributed by atoms with Crippen LogP contribution in [-0.2, 0) is 9.59 Å². The van der Waals surface area contributed by atoms with Crippen LogP contribution in [0.5, 0.6) is 0 Å². The van der Waals surface area contributed by atoms with Gasteiger partial charge >= 0.3 is 0 Å². The summed E-state index contributed by atoms with van der Waals surface area (Å²) in [5.41, 5.74) is -0.107. The van der Waals surface area contributed by atoms with Crippen molar-refractivity contribution in [1.82, 2.24) is 5.32 Å². The molecule has 1 aromatic rings. The molecule has 0 bridgehead atoms. The Labute approximate surface area is 127 Å². The van der Waals surface area contributed by atoms with Crippen molar-refractivity contribution < 1.29 is 9.59 Å². The van der Waals surface area contributed by atoms with Crippen LogP contribution in [0.2, 0.25) is 10.0 Å². The second-order valence-electron chi connectivity index (χ2n) is 5.60. The van der Waals surface area contributed by atoms with Crippen LogP contribution in [0.4, 0.5) is 0 Å². The Morgan fingerprint density at radius 2 is 1.80 bits per heavy atom. The summed E-state index contributed by atoms with van der Waals surface area (Å²) in [6.07, 6.45) is 4.55. The molecule has 2 aliphatic rings. The van der Waals surface area contributed by atoms with E-state index >= 15 is 0 Å². The summed E-state index contributed by atoms with van der Waals surface area (Å²) in [5, 5.41) is 3.80.